The highest BCUT2D eigenvalue weighted by molar-refractivity contribution is 6.05. The molecule has 1 amide bonds. The topological polar surface area (TPSA) is 65.4 Å². The van der Waals surface area contributed by atoms with E-state index >= 15 is 0 Å². The summed E-state index contributed by atoms with van der Waals surface area (Å²) in [4.78, 5) is 12.6. The van der Waals surface area contributed by atoms with E-state index in [0.29, 0.717) is 11.4 Å². The van der Waals surface area contributed by atoms with E-state index < -0.39 is 12.5 Å². The van der Waals surface area contributed by atoms with Crippen LogP contribution in [0.5, 0.6) is 11.5 Å². The van der Waals surface area contributed by atoms with E-state index in [9.17, 15) is 13.6 Å². The normalized spacial score (nSPS) is 10.6. The van der Waals surface area contributed by atoms with Crippen molar-refractivity contribution in [3.05, 3.63) is 66.5 Å². The summed E-state index contributed by atoms with van der Waals surface area (Å²) in [6.07, 6.45) is 3.38. The molecule has 0 aliphatic rings. The van der Waals surface area contributed by atoms with Crippen LogP contribution in [0, 0.1) is 0 Å². The molecule has 0 bridgehead atoms. The first kappa shape index (κ1) is 17.4. The van der Waals surface area contributed by atoms with Crippen LogP contribution in [0.25, 0.3) is 5.69 Å². The number of hydrogen-bond donors (Lipinski definition) is 1. The van der Waals surface area contributed by atoms with Crippen molar-refractivity contribution in [3.63, 3.8) is 0 Å². The lowest BCUT2D eigenvalue weighted by Gasteiger charge is -2.13. The fourth-order valence-corrected chi connectivity index (χ4v) is 2.39. The standard InChI is InChI=1S/C18H15F2N3O3/c1-25-16-11-12(7-8-15(16)26-18(19)20)17(24)22-13-5-2-3-6-14(13)23-10-4-9-21-23/h2-11,18H,1H3,(H,22,24). The molecular formula is C18H15F2N3O3. The molecule has 1 heterocycles. The number of amides is 1. The molecule has 0 unspecified atom stereocenters. The van der Waals surface area contributed by atoms with Gasteiger partial charge in [0.15, 0.2) is 11.5 Å². The predicted molar refractivity (Wildman–Crippen MR) is 91.1 cm³/mol. The molecule has 0 aliphatic carbocycles. The Morgan fingerprint density at radius 2 is 1.96 bits per heavy atom. The van der Waals surface area contributed by atoms with Crippen LogP contribution in [-0.2, 0) is 0 Å². The number of alkyl halides is 2. The van der Waals surface area contributed by atoms with Gasteiger partial charge in [0.2, 0.25) is 0 Å². The number of carbonyl (C=O) groups excluding carboxylic acids is 1. The van der Waals surface area contributed by atoms with Crippen molar-refractivity contribution in [2.45, 2.75) is 6.61 Å². The Balaban J connectivity index is 1.85. The first-order chi connectivity index (χ1) is 12.6. The molecule has 0 fully saturated rings. The van der Waals surface area contributed by atoms with E-state index in [1.165, 1.54) is 25.3 Å². The Morgan fingerprint density at radius 1 is 1.15 bits per heavy atom. The number of para-hydroxylation sites is 2. The van der Waals surface area contributed by atoms with E-state index in [0.717, 1.165) is 0 Å². The fraction of sp³-hybridized carbons (Fsp3) is 0.111. The summed E-state index contributed by atoms with van der Waals surface area (Å²) >= 11 is 0. The molecule has 0 radical (unpaired) electrons. The Bertz CT molecular complexity index is 898. The summed E-state index contributed by atoms with van der Waals surface area (Å²) in [5.74, 6) is -0.527. The Hall–Kier alpha value is -3.42. The molecule has 3 rings (SSSR count). The minimum atomic E-state index is -2.98. The number of hydrogen-bond acceptors (Lipinski definition) is 4. The summed E-state index contributed by atoms with van der Waals surface area (Å²) in [5.41, 5.74) is 1.47. The number of halogens is 2. The SMILES string of the molecule is COc1cc(C(=O)Nc2ccccc2-n2cccn2)ccc1OC(F)F. The van der Waals surface area contributed by atoms with Gasteiger partial charge in [0.05, 0.1) is 18.5 Å². The van der Waals surface area contributed by atoms with Crippen molar-refractivity contribution in [1.29, 1.82) is 0 Å². The van der Waals surface area contributed by atoms with E-state index in [-0.39, 0.29) is 17.1 Å². The quantitative estimate of drug-likeness (QED) is 0.728. The van der Waals surface area contributed by atoms with Crippen LogP contribution in [0.4, 0.5) is 14.5 Å². The first-order valence-electron chi connectivity index (χ1n) is 7.61. The molecule has 0 saturated carbocycles. The van der Waals surface area contributed by atoms with E-state index in [2.05, 4.69) is 15.2 Å². The molecule has 6 nitrogen and oxygen atoms in total. The number of benzene rings is 2. The summed E-state index contributed by atoms with van der Waals surface area (Å²) in [7, 11) is 1.31. The zero-order chi connectivity index (χ0) is 18.5. The number of ether oxygens (including phenoxy) is 2. The molecule has 134 valence electrons. The molecule has 1 N–H and O–H groups in total. The Kier molecular flexibility index (Phi) is 5.12. The van der Waals surface area contributed by atoms with Crippen LogP contribution in [0.15, 0.2) is 60.9 Å². The second-order valence-corrected chi connectivity index (χ2v) is 5.17. The number of aromatic nitrogens is 2. The predicted octanol–water partition coefficient (Wildman–Crippen LogP) is 3.73. The van der Waals surface area contributed by atoms with Crippen molar-refractivity contribution in [3.8, 4) is 17.2 Å². The fourth-order valence-electron chi connectivity index (χ4n) is 2.39. The molecule has 1 aromatic heterocycles. The van der Waals surface area contributed by atoms with Crippen LogP contribution < -0.4 is 14.8 Å². The van der Waals surface area contributed by atoms with E-state index in [1.54, 1.807) is 35.3 Å². The van der Waals surface area contributed by atoms with Crippen molar-refractivity contribution < 1.29 is 23.0 Å². The van der Waals surface area contributed by atoms with Gasteiger partial charge in [0.25, 0.3) is 5.91 Å². The monoisotopic (exact) mass is 359 g/mol. The van der Waals surface area contributed by atoms with Crippen LogP contribution >= 0.6 is 0 Å². The minimum absolute atomic E-state index is 0.0401. The third kappa shape index (κ3) is 3.80. The average Bonchev–Trinajstić information content (AvgIpc) is 3.16. The van der Waals surface area contributed by atoms with E-state index in [4.69, 9.17) is 4.74 Å². The molecule has 0 atom stereocenters. The van der Waals surface area contributed by atoms with Gasteiger partial charge in [0.1, 0.15) is 0 Å². The maximum Gasteiger partial charge on any atom is 0.387 e. The minimum Gasteiger partial charge on any atom is -0.493 e. The number of methoxy groups -OCH3 is 1. The van der Waals surface area contributed by atoms with Crippen LogP contribution in [0.2, 0.25) is 0 Å². The first-order valence-corrected chi connectivity index (χ1v) is 7.61. The third-order valence-electron chi connectivity index (χ3n) is 3.55. The van der Waals surface area contributed by atoms with Crippen molar-refractivity contribution in [2.24, 2.45) is 0 Å². The van der Waals surface area contributed by atoms with Gasteiger partial charge in [-0.2, -0.15) is 13.9 Å². The molecule has 0 spiro atoms. The Labute approximate surface area is 148 Å². The highest BCUT2D eigenvalue weighted by Crippen LogP contribution is 2.30. The number of nitrogens with zero attached hydrogens (tertiary/aromatic N) is 2. The number of rotatable bonds is 6. The molecule has 26 heavy (non-hydrogen) atoms. The lowest BCUT2D eigenvalue weighted by Crippen LogP contribution is -2.14. The van der Waals surface area contributed by atoms with Crippen LogP contribution in [0.3, 0.4) is 0 Å². The second-order valence-electron chi connectivity index (χ2n) is 5.17. The maximum absolute atomic E-state index is 12.6. The third-order valence-corrected chi connectivity index (χ3v) is 3.55. The number of nitrogens with one attached hydrogen (secondary N) is 1. The van der Waals surface area contributed by atoms with Crippen molar-refractivity contribution in [1.82, 2.24) is 9.78 Å². The van der Waals surface area contributed by atoms with E-state index in [1.807, 2.05) is 12.1 Å². The summed E-state index contributed by atoms with van der Waals surface area (Å²) < 4.78 is 35.8. The van der Waals surface area contributed by atoms with Gasteiger partial charge >= 0.3 is 6.61 Å². The van der Waals surface area contributed by atoms with Gasteiger partial charge < -0.3 is 14.8 Å². The molecular weight excluding hydrogens is 344 g/mol. The lowest BCUT2D eigenvalue weighted by atomic mass is 10.1. The highest BCUT2D eigenvalue weighted by Gasteiger charge is 2.15. The smallest absolute Gasteiger partial charge is 0.387 e. The molecule has 3 aromatic rings. The zero-order valence-electron chi connectivity index (χ0n) is 13.7. The summed E-state index contributed by atoms with van der Waals surface area (Å²) in [6.45, 7) is -2.98. The van der Waals surface area contributed by atoms with Crippen LogP contribution in [-0.4, -0.2) is 29.4 Å². The number of carbonyl (C=O) groups is 1. The molecule has 8 heteroatoms. The van der Waals surface area contributed by atoms with Gasteiger partial charge in [-0.3, -0.25) is 4.79 Å². The summed E-state index contributed by atoms with van der Waals surface area (Å²) in [5, 5.41) is 6.93. The zero-order valence-corrected chi connectivity index (χ0v) is 13.7. The van der Waals surface area contributed by atoms with Gasteiger partial charge in [-0.1, -0.05) is 12.1 Å². The van der Waals surface area contributed by atoms with Gasteiger partial charge in [0, 0.05) is 18.0 Å². The van der Waals surface area contributed by atoms with Gasteiger partial charge in [-0.15, -0.1) is 0 Å². The molecule has 2 aromatic carbocycles. The lowest BCUT2D eigenvalue weighted by molar-refractivity contribution is -0.0512. The molecule has 0 saturated heterocycles. The largest absolute Gasteiger partial charge is 0.493 e. The maximum atomic E-state index is 12.6. The number of anilines is 1. The highest BCUT2D eigenvalue weighted by atomic mass is 19.3. The van der Waals surface area contributed by atoms with Crippen molar-refractivity contribution in [2.75, 3.05) is 12.4 Å². The molecule has 0 aliphatic heterocycles. The van der Waals surface area contributed by atoms with Gasteiger partial charge in [-0.05, 0) is 36.4 Å². The van der Waals surface area contributed by atoms with Gasteiger partial charge in [-0.25, -0.2) is 4.68 Å². The Morgan fingerprint density at radius 3 is 2.65 bits per heavy atom. The average molecular weight is 359 g/mol. The van der Waals surface area contributed by atoms with Crippen LogP contribution in [0.1, 0.15) is 10.4 Å². The summed E-state index contributed by atoms with van der Waals surface area (Å²) in [6, 6.07) is 12.9. The van der Waals surface area contributed by atoms with Crippen molar-refractivity contribution >= 4 is 11.6 Å². The second kappa shape index (κ2) is 7.64.